The van der Waals surface area contributed by atoms with Gasteiger partial charge < -0.3 is 9.42 Å². The summed E-state index contributed by atoms with van der Waals surface area (Å²) in [7, 11) is 1.99. The topological polar surface area (TPSA) is 88.2 Å². The highest BCUT2D eigenvalue weighted by Crippen LogP contribution is 2.24. The van der Waals surface area contributed by atoms with Gasteiger partial charge in [0.25, 0.3) is 5.91 Å². The number of piperazine rings is 1. The van der Waals surface area contributed by atoms with E-state index in [4.69, 9.17) is 4.52 Å². The molecule has 3 heterocycles. The lowest BCUT2D eigenvalue weighted by Gasteiger charge is -2.37. The molecule has 1 fully saturated rings. The fraction of sp³-hybridized carbons (Fsp3) is 0.562. The predicted octanol–water partition coefficient (Wildman–Crippen LogP) is 1.22. The molecular formula is C16H22N6O2. The molecule has 0 radical (unpaired) electrons. The molecule has 0 spiro atoms. The third kappa shape index (κ3) is 3.01. The molecule has 0 bridgehead atoms. The van der Waals surface area contributed by atoms with Crippen LogP contribution in [0.25, 0.3) is 0 Å². The minimum atomic E-state index is -0.108. The van der Waals surface area contributed by atoms with Crippen molar-refractivity contribution in [2.75, 3.05) is 26.7 Å². The second kappa shape index (κ2) is 6.27. The van der Waals surface area contributed by atoms with Gasteiger partial charge in [0, 0.05) is 19.6 Å². The highest BCUT2D eigenvalue weighted by molar-refractivity contribution is 5.93. The summed E-state index contributed by atoms with van der Waals surface area (Å²) >= 11 is 0. The van der Waals surface area contributed by atoms with Crippen LogP contribution < -0.4 is 0 Å². The van der Waals surface area contributed by atoms with Crippen molar-refractivity contribution >= 4 is 5.91 Å². The molecule has 2 aromatic heterocycles. The zero-order chi connectivity index (χ0) is 17.4. The Labute approximate surface area is 140 Å². The summed E-state index contributed by atoms with van der Waals surface area (Å²) < 4.78 is 5.30. The molecule has 2 aromatic rings. The molecule has 1 aliphatic heterocycles. The Balaban J connectivity index is 1.84. The molecule has 8 nitrogen and oxygen atoms in total. The largest absolute Gasteiger partial charge is 0.338 e. The lowest BCUT2D eigenvalue weighted by molar-refractivity contribution is 0.0482. The van der Waals surface area contributed by atoms with Gasteiger partial charge in [0.15, 0.2) is 5.82 Å². The van der Waals surface area contributed by atoms with E-state index in [-0.39, 0.29) is 11.9 Å². The standard InChI is InChI=1S/C16H22N6O2/c1-9-10(2)18-14(11(3)17-9)16(23)22-7-6-21(5)13(8-22)15-19-12(4)20-24-15/h13H,6-8H2,1-5H3. The number of nitrogens with zero attached hydrogens (tertiary/aromatic N) is 6. The van der Waals surface area contributed by atoms with Crippen molar-refractivity contribution in [1.82, 2.24) is 29.9 Å². The molecule has 1 unspecified atom stereocenters. The van der Waals surface area contributed by atoms with Crippen LogP contribution in [0.15, 0.2) is 4.52 Å². The average molecular weight is 330 g/mol. The minimum Gasteiger partial charge on any atom is -0.338 e. The first kappa shape index (κ1) is 16.5. The van der Waals surface area contributed by atoms with Gasteiger partial charge in [-0.3, -0.25) is 14.7 Å². The van der Waals surface area contributed by atoms with E-state index in [0.29, 0.717) is 36.2 Å². The second-order valence-corrected chi connectivity index (χ2v) is 6.26. The van der Waals surface area contributed by atoms with Crippen molar-refractivity contribution in [1.29, 1.82) is 0 Å². The van der Waals surface area contributed by atoms with Crippen LogP contribution in [0.2, 0.25) is 0 Å². The van der Waals surface area contributed by atoms with E-state index in [9.17, 15) is 4.79 Å². The molecule has 1 amide bonds. The number of carbonyl (C=O) groups excluding carboxylic acids is 1. The Kier molecular flexibility index (Phi) is 4.31. The van der Waals surface area contributed by atoms with Gasteiger partial charge in [0.2, 0.25) is 5.89 Å². The maximum Gasteiger partial charge on any atom is 0.274 e. The van der Waals surface area contributed by atoms with E-state index in [1.807, 2.05) is 27.8 Å². The van der Waals surface area contributed by atoms with Crippen LogP contribution in [0.3, 0.4) is 0 Å². The van der Waals surface area contributed by atoms with Gasteiger partial charge in [-0.1, -0.05) is 5.16 Å². The van der Waals surface area contributed by atoms with Gasteiger partial charge >= 0.3 is 0 Å². The van der Waals surface area contributed by atoms with Crippen LogP contribution in [-0.2, 0) is 0 Å². The number of amides is 1. The second-order valence-electron chi connectivity index (χ2n) is 6.26. The van der Waals surface area contributed by atoms with Crippen molar-refractivity contribution < 1.29 is 9.32 Å². The maximum atomic E-state index is 12.9. The van der Waals surface area contributed by atoms with Crippen molar-refractivity contribution in [3.05, 3.63) is 34.5 Å². The van der Waals surface area contributed by atoms with E-state index in [1.165, 1.54) is 0 Å². The number of carbonyl (C=O) groups is 1. The van der Waals surface area contributed by atoms with Crippen LogP contribution in [0, 0.1) is 27.7 Å². The Morgan fingerprint density at radius 1 is 1.04 bits per heavy atom. The normalized spacial score (nSPS) is 18.9. The highest BCUT2D eigenvalue weighted by atomic mass is 16.5. The summed E-state index contributed by atoms with van der Waals surface area (Å²) in [5.41, 5.74) is 2.71. The Morgan fingerprint density at radius 3 is 2.42 bits per heavy atom. The van der Waals surface area contributed by atoms with Gasteiger partial charge in [-0.05, 0) is 34.7 Å². The Morgan fingerprint density at radius 2 is 1.75 bits per heavy atom. The van der Waals surface area contributed by atoms with Crippen molar-refractivity contribution in [3.8, 4) is 0 Å². The third-order valence-electron chi connectivity index (χ3n) is 4.45. The molecule has 1 atom stereocenters. The summed E-state index contributed by atoms with van der Waals surface area (Å²) in [4.78, 5) is 30.0. The molecule has 128 valence electrons. The molecule has 0 aromatic carbocycles. The first-order chi connectivity index (χ1) is 11.4. The number of likely N-dealkylation sites (N-methyl/N-ethyl adjacent to an activating group) is 1. The summed E-state index contributed by atoms with van der Waals surface area (Å²) in [5, 5.41) is 3.85. The third-order valence-corrected chi connectivity index (χ3v) is 4.45. The summed E-state index contributed by atoms with van der Waals surface area (Å²) in [5.74, 6) is 1.03. The molecule has 0 N–H and O–H groups in total. The monoisotopic (exact) mass is 330 g/mol. The summed E-state index contributed by atoms with van der Waals surface area (Å²) in [6.45, 7) is 9.22. The van der Waals surface area contributed by atoms with E-state index >= 15 is 0 Å². The van der Waals surface area contributed by atoms with Gasteiger partial charge in [-0.25, -0.2) is 4.98 Å². The molecule has 24 heavy (non-hydrogen) atoms. The summed E-state index contributed by atoms with van der Waals surface area (Å²) in [6, 6.07) is -0.108. The van der Waals surface area contributed by atoms with Crippen molar-refractivity contribution in [2.45, 2.75) is 33.7 Å². The van der Waals surface area contributed by atoms with E-state index in [2.05, 4.69) is 25.0 Å². The van der Waals surface area contributed by atoms with E-state index in [0.717, 1.165) is 17.9 Å². The van der Waals surface area contributed by atoms with Gasteiger partial charge in [-0.15, -0.1) is 0 Å². The molecule has 8 heteroatoms. The lowest BCUT2D eigenvalue weighted by atomic mass is 10.1. The van der Waals surface area contributed by atoms with Crippen molar-refractivity contribution in [2.24, 2.45) is 0 Å². The smallest absolute Gasteiger partial charge is 0.274 e. The molecule has 1 aliphatic rings. The average Bonchev–Trinajstić information content (AvgIpc) is 2.97. The zero-order valence-corrected chi connectivity index (χ0v) is 14.7. The molecule has 1 saturated heterocycles. The Hall–Kier alpha value is -2.35. The molecule has 0 aliphatic carbocycles. The first-order valence-electron chi connectivity index (χ1n) is 7.98. The molecule has 3 rings (SSSR count). The van der Waals surface area contributed by atoms with Crippen LogP contribution >= 0.6 is 0 Å². The molecule has 0 saturated carbocycles. The van der Waals surface area contributed by atoms with Gasteiger partial charge in [-0.2, -0.15) is 4.98 Å². The van der Waals surface area contributed by atoms with E-state index in [1.54, 1.807) is 11.8 Å². The van der Waals surface area contributed by atoms with Gasteiger partial charge in [0.1, 0.15) is 11.7 Å². The summed E-state index contributed by atoms with van der Waals surface area (Å²) in [6.07, 6.45) is 0. The maximum absolute atomic E-state index is 12.9. The predicted molar refractivity (Wildman–Crippen MR) is 86.6 cm³/mol. The van der Waals surface area contributed by atoms with Gasteiger partial charge in [0.05, 0.1) is 17.1 Å². The number of aryl methyl sites for hydroxylation is 4. The highest BCUT2D eigenvalue weighted by Gasteiger charge is 2.33. The number of hydrogen-bond donors (Lipinski definition) is 0. The lowest BCUT2D eigenvalue weighted by Crippen LogP contribution is -2.49. The fourth-order valence-electron chi connectivity index (χ4n) is 2.84. The van der Waals surface area contributed by atoms with Crippen LogP contribution in [0.4, 0.5) is 0 Å². The minimum absolute atomic E-state index is 0.0996. The Bertz CT molecular complexity index is 772. The zero-order valence-electron chi connectivity index (χ0n) is 14.7. The SMILES string of the molecule is Cc1noc(C2CN(C(=O)c3nc(C)c(C)nc3C)CCN2C)n1. The van der Waals surface area contributed by atoms with Crippen molar-refractivity contribution in [3.63, 3.8) is 0 Å². The van der Waals surface area contributed by atoms with E-state index < -0.39 is 0 Å². The molecular weight excluding hydrogens is 308 g/mol. The fourth-order valence-corrected chi connectivity index (χ4v) is 2.84. The van der Waals surface area contributed by atoms with Crippen LogP contribution in [-0.4, -0.2) is 62.5 Å². The number of hydrogen-bond acceptors (Lipinski definition) is 7. The van der Waals surface area contributed by atoms with Crippen LogP contribution in [0.5, 0.6) is 0 Å². The quantitative estimate of drug-likeness (QED) is 0.818. The number of aromatic nitrogens is 4. The first-order valence-corrected chi connectivity index (χ1v) is 7.98. The van der Waals surface area contributed by atoms with Crippen LogP contribution in [0.1, 0.15) is 45.3 Å². The number of rotatable bonds is 2.